The van der Waals surface area contributed by atoms with E-state index in [4.69, 9.17) is 9.47 Å². The third-order valence-electron chi connectivity index (χ3n) is 6.02. The Morgan fingerprint density at radius 1 is 1.00 bits per heavy atom. The minimum Gasteiger partial charge on any atom is -0.497 e. The number of hydrogen-bond acceptors (Lipinski definition) is 5. The number of carbonyl (C=O) groups is 2. The van der Waals surface area contributed by atoms with E-state index in [2.05, 4.69) is 5.32 Å². The van der Waals surface area contributed by atoms with Crippen LogP contribution in [0.15, 0.2) is 71.1 Å². The zero-order valence-corrected chi connectivity index (χ0v) is 17.7. The lowest BCUT2D eigenvalue weighted by atomic mass is 9.72. The Balaban J connectivity index is 1.76. The summed E-state index contributed by atoms with van der Waals surface area (Å²) >= 11 is 0. The van der Waals surface area contributed by atoms with Crippen LogP contribution in [0.3, 0.4) is 0 Å². The maximum Gasteiger partial charge on any atom is 0.336 e. The van der Waals surface area contributed by atoms with Crippen molar-refractivity contribution in [2.24, 2.45) is 0 Å². The monoisotopic (exact) mass is 421 g/mol. The summed E-state index contributed by atoms with van der Waals surface area (Å²) in [7, 11) is 2.93. The molecule has 2 aromatic rings. The van der Waals surface area contributed by atoms with E-state index >= 15 is 0 Å². The molecule has 2 aliphatic rings. The van der Waals surface area contributed by atoms with Crippen LogP contribution in [0.4, 0.5) is 4.39 Å². The zero-order chi connectivity index (χ0) is 22.1. The molecule has 0 saturated heterocycles. The second-order valence-corrected chi connectivity index (χ2v) is 7.83. The van der Waals surface area contributed by atoms with E-state index in [1.165, 1.54) is 19.2 Å². The van der Waals surface area contributed by atoms with Crippen LogP contribution in [0.2, 0.25) is 0 Å². The number of nitrogens with one attached hydrogen (secondary N) is 1. The molecule has 0 aromatic heterocycles. The van der Waals surface area contributed by atoms with Crippen molar-refractivity contribution < 1.29 is 23.5 Å². The molecule has 5 nitrogen and oxygen atoms in total. The Hall–Kier alpha value is -3.41. The topological polar surface area (TPSA) is 64.6 Å². The number of hydrogen-bond donors (Lipinski definition) is 1. The maximum absolute atomic E-state index is 13.6. The van der Waals surface area contributed by atoms with Crippen LogP contribution < -0.4 is 10.1 Å². The van der Waals surface area contributed by atoms with Crippen LogP contribution >= 0.6 is 0 Å². The highest BCUT2D eigenvalue weighted by molar-refractivity contribution is 6.04. The van der Waals surface area contributed by atoms with Gasteiger partial charge < -0.3 is 14.8 Å². The second kappa shape index (κ2) is 8.38. The fraction of sp³-hybridized carbons (Fsp3) is 0.280. The summed E-state index contributed by atoms with van der Waals surface area (Å²) in [5.41, 5.74) is 4.12. The van der Waals surface area contributed by atoms with Crippen LogP contribution in [-0.4, -0.2) is 26.0 Å². The molecule has 160 valence electrons. The van der Waals surface area contributed by atoms with Gasteiger partial charge in [-0.3, -0.25) is 4.79 Å². The summed E-state index contributed by atoms with van der Waals surface area (Å²) in [6.07, 6.45) is 0.967. The first-order valence-electron chi connectivity index (χ1n) is 10.1. The van der Waals surface area contributed by atoms with Gasteiger partial charge in [-0.05, 0) is 54.7 Å². The molecule has 0 unspecified atom stereocenters. The molecule has 1 aliphatic heterocycles. The zero-order valence-electron chi connectivity index (χ0n) is 17.7. The molecule has 1 heterocycles. The molecule has 0 spiro atoms. The Morgan fingerprint density at radius 3 is 2.26 bits per heavy atom. The highest BCUT2D eigenvalue weighted by Crippen LogP contribution is 2.45. The minimum absolute atomic E-state index is 0.0194. The number of ether oxygens (including phenoxy) is 2. The number of carbonyl (C=O) groups excluding carboxylic acids is 2. The van der Waals surface area contributed by atoms with Gasteiger partial charge in [-0.15, -0.1) is 0 Å². The fourth-order valence-corrected chi connectivity index (χ4v) is 4.52. The van der Waals surface area contributed by atoms with Gasteiger partial charge in [-0.2, -0.15) is 0 Å². The van der Waals surface area contributed by atoms with E-state index in [0.717, 1.165) is 17.0 Å². The van der Waals surface area contributed by atoms with Crippen molar-refractivity contribution in [1.29, 1.82) is 0 Å². The lowest BCUT2D eigenvalue weighted by Gasteiger charge is -2.36. The smallest absolute Gasteiger partial charge is 0.336 e. The number of methoxy groups -OCH3 is 2. The minimum atomic E-state index is -0.589. The number of benzene rings is 2. The van der Waals surface area contributed by atoms with Crippen LogP contribution in [0.5, 0.6) is 5.75 Å². The van der Waals surface area contributed by atoms with Crippen LogP contribution in [0.25, 0.3) is 0 Å². The quantitative estimate of drug-likeness (QED) is 0.743. The Labute approximate surface area is 180 Å². The van der Waals surface area contributed by atoms with Crippen molar-refractivity contribution in [2.75, 3.05) is 14.2 Å². The van der Waals surface area contributed by atoms with Crippen molar-refractivity contribution >= 4 is 11.8 Å². The summed E-state index contributed by atoms with van der Waals surface area (Å²) in [5.74, 6) is -0.713. The first-order valence-corrected chi connectivity index (χ1v) is 10.1. The maximum atomic E-state index is 13.6. The molecule has 2 aromatic carbocycles. The average molecular weight is 421 g/mol. The molecule has 31 heavy (non-hydrogen) atoms. The summed E-state index contributed by atoms with van der Waals surface area (Å²) in [6.45, 7) is 1.80. The number of halogens is 1. The fourth-order valence-electron chi connectivity index (χ4n) is 4.52. The highest BCUT2D eigenvalue weighted by atomic mass is 19.1. The summed E-state index contributed by atoms with van der Waals surface area (Å²) in [6, 6.07) is 13.7. The first kappa shape index (κ1) is 20.8. The number of allylic oxidation sites excluding steroid dienone is 3. The number of dihydropyridines is 1. The number of esters is 1. The number of rotatable bonds is 4. The van der Waals surface area contributed by atoms with Gasteiger partial charge in [-0.25, -0.2) is 9.18 Å². The van der Waals surface area contributed by atoms with E-state index in [-0.39, 0.29) is 17.5 Å². The summed E-state index contributed by atoms with van der Waals surface area (Å²) in [4.78, 5) is 26.0. The molecule has 0 saturated carbocycles. The third-order valence-corrected chi connectivity index (χ3v) is 6.02. The summed E-state index contributed by atoms with van der Waals surface area (Å²) in [5, 5.41) is 3.29. The van der Waals surface area contributed by atoms with E-state index in [1.807, 2.05) is 24.3 Å². The van der Waals surface area contributed by atoms with Gasteiger partial charge in [0.1, 0.15) is 11.6 Å². The van der Waals surface area contributed by atoms with Gasteiger partial charge >= 0.3 is 5.97 Å². The van der Waals surface area contributed by atoms with E-state index in [1.54, 1.807) is 26.2 Å². The molecule has 2 atom stereocenters. The van der Waals surface area contributed by atoms with Crippen LogP contribution in [0.1, 0.15) is 42.7 Å². The Morgan fingerprint density at radius 2 is 1.65 bits per heavy atom. The average Bonchev–Trinajstić information content (AvgIpc) is 2.78. The largest absolute Gasteiger partial charge is 0.497 e. The van der Waals surface area contributed by atoms with Crippen LogP contribution in [0, 0.1) is 5.82 Å². The van der Waals surface area contributed by atoms with Gasteiger partial charge in [0.2, 0.25) is 0 Å². The van der Waals surface area contributed by atoms with Crippen LogP contribution in [-0.2, 0) is 14.3 Å². The molecular weight excluding hydrogens is 397 g/mol. The number of Topliss-reactive ketones (excluding diaryl/α,β-unsaturated/α-hetero) is 1. The lowest BCUT2D eigenvalue weighted by molar-refractivity contribution is -0.136. The van der Waals surface area contributed by atoms with Crippen molar-refractivity contribution in [3.63, 3.8) is 0 Å². The standard InChI is InChI=1S/C25H24FNO4/c1-14-22(25(29)31-3)23(16-4-8-18(26)9-5-16)24-20(27-14)12-17(13-21(24)28)15-6-10-19(30-2)11-7-15/h4-11,17,23,27H,12-13H2,1-3H3/t17-,23+/m0/s1. The molecular formula is C25H24FNO4. The summed E-state index contributed by atoms with van der Waals surface area (Å²) < 4.78 is 23.8. The highest BCUT2D eigenvalue weighted by Gasteiger charge is 2.41. The van der Waals surface area contributed by atoms with Crippen molar-refractivity contribution in [3.8, 4) is 5.75 Å². The molecule has 4 rings (SSSR count). The third kappa shape index (κ3) is 3.85. The van der Waals surface area contributed by atoms with Crippen molar-refractivity contribution in [3.05, 3.63) is 88.0 Å². The molecule has 6 heteroatoms. The van der Waals surface area contributed by atoms with Crippen molar-refractivity contribution in [1.82, 2.24) is 5.32 Å². The Kier molecular flexibility index (Phi) is 5.63. The normalized spacial score (nSPS) is 20.8. The molecule has 0 amide bonds. The molecule has 0 bridgehead atoms. The van der Waals surface area contributed by atoms with Crippen molar-refractivity contribution in [2.45, 2.75) is 31.6 Å². The van der Waals surface area contributed by atoms with Gasteiger partial charge in [0.25, 0.3) is 0 Å². The number of ketones is 1. The van der Waals surface area contributed by atoms with E-state index in [9.17, 15) is 14.0 Å². The SMILES string of the molecule is COC(=O)C1=C(C)NC2=C(C(=O)C[C@@H](c3ccc(OC)cc3)C2)[C@@H]1c1ccc(F)cc1. The molecule has 1 N–H and O–H groups in total. The first-order chi connectivity index (χ1) is 14.9. The van der Waals surface area contributed by atoms with Gasteiger partial charge in [0.15, 0.2) is 5.78 Å². The molecule has 0 radical (unpaired) electrons. The lowest BCUT2D eigenvalue weighted by Crippen LogP contribution is -2.36. The van der Waals surface area contributed by atoms with Gasteiger partial charge in [0.05, 0.1) is 19.8 Å². The van der Waals surface area contributed by atoms with Gasteiger partial charge in [0, 0.05) is 29.3 Å². The van der Waals surface area contributed by atoms with Gasteiger partial charge in [-0.1, -0.05) is 24.3 Å². The predicted molar refractivity (Wildman–Crippen MR) is 114 cm³/mol. The van der Waals surface area contributed by atoms with E-state index in [0.29, 0.717) is 35.2 Å². The molecule has 0 fully saturated rings. The Bertz CT molecular complexity index is 1080. The predicted octanol–water partition coefficient (Wildman–Crippen LogP) is 4.37. The van der Waals surface area contributed by atoms with E-state index < -0.39 is 11.9 Å². The molecule has 1 aliphatic carbocycles. The second-order valence-electron chi connectivity index (χ2n) is 7.83.